The maximum absolute atomic E-state index is 11.4. The molecule has 1 rings (SSSR count). The van der Waals surface area contributed by atoms with Gasteiger partial charge in [-0.25, -0.2) is 5.84 Å². The van der Waals surface area contributed by atoms with E-state index in [2.05, 4.69) is 5.43 Å². The number of carbonyl (C=O) groups excluding carboxylic acids is 1. The molecular weight excluding hydrogens is 236 g/mol. The molecule has 1 unspecified atom stereocenters. The molecule has 0 aliphatic heterocycles. The van der Waals surface area contributed by atoms with Gasteiger partial charge in [0.15, 0.2) is 17.6 Å². The Kier molecular flexibility index (Phi) is 5.41. The monoisotopic (exact) mass is 254 g/mol. The lowest BCUT2D eigenvalue weighted by Gasteiger charge is -2.18. The third-order valence-corrected chi connectivity index (χ3v) is 2.49. The number of ether oxygens (including phenoxy) is 2. The summed E-state index contributed by atoms with van der Waals surface area (Å²) in [5.74, 6) is 5.58. The maximum atomic E-state index is 11.4. The van der Waals surface area contributed by atoms with Crippen molar-refractivity contribution in [3.63, 3.8) is 0 Å². The fraction of sp³-hybridized carbons (Fsp3) is 0.417. The minimum absolute atomic E-state index is 0.0862. The Morgan fingerprint density at radius 2 is 2.22 bits per heavy atom. The Morgan fingerprint density at radius 3 is 2.72 bits per heavy atom. The summed E-state index contributed by atoms with van der Waals surface area (Å²) in [5.41, 5.74) is 2.76. The molecular formula is C12H18N2O4. The highest BCUT2D eigenvalue weighted by molar-refractivity contribution is 5.80. The van der Waals surface area contributed by atoms with Gasteiger partial charge in [0.2, 0.25) is 0 Å². The first-order valence-corrected chi connectivity index (χ1v) is 5.61. The van der Waals surface area contributed by atoms with Gasteiger partial charge in [-0.3, -0.25) is 10.2 Å². The first-order valence-electron chi connectivity index (χ1n) is 5.61. The van der Waals surface area contributed by atoms with E-state index in [9.17, 15) is 4.79 Å². The molecule has 100 valence electrons. The summed E-state index contributed by atoms with van der Waals surface area (Å²) in [6, 6.07) is 5.00. The molecule has 6 heteroatoms. The summed E-state index contributed by atoms with van der Waals surface area (Å²) in [7, 11) is 1.49. The minimum atomic E-state index is -0.677. The topological polar surface area (TPSA) is 93.8 Å². The first-order chi connectivity index (χ1) is 8.65. The zero-order chi connectivity index (χ0) is 13.5. The van der Waals surface area contributed by atoms with Gasteiger partial charge in [-0.2, -0.15) is 0 Å². The summed E-state index contributed by atoms with van der Waals surface area (Å²) < 4.78 is 10.7. The van der Waals surface area contributed by atoms with E-state index in [-0.39, 0.29) is 6.61 Å². The number of methoxy groups -OCH3 is 1. The molecule has 0 bridgehead atoms. The Labute approximate surface area is 106 Å². The third kappa shape index (κ3) is 3.35. The van der Waals surface area contributed by atoms with Crippen molar-refractivity contribution in [2.24, 2.45) is 5.84 Å². The lowest BCUT2D eigenvalue weighted by atomic mass is 10.2. The minimum Gasteiger partial charge on any atom is -0.493 e. The number of hydrogen-bond acceptors (Lipinski definition) is 5. The fourth-order valence-electron chi connectivity index (χ4n) is 1.48. The molecule has 0 saturated heterocycles. The standard InChI is InChI=1S/C12H18N2O4/c1-3-9(12(16)14-13)18-10-5-4-8(7-15)6-11(10)17-2/h4-6,9,15H,3,7,13H2,1-2H3,(H,14,16). The van der Waals surface area contributed by atoms with E-state index < -0.39 is 12.0 Å². The van der Waals surface area contributed by atoms with Crippen molar-refractivity contribution in [1.29, 1.82) is 0 Å². The lowest BCUT2D eigenvalue weighted by Crippen LogP contribution is -2.41. The zero-order valence-electron chi connectivity index (χ0n) is 10.5. The van der Waals surface area contributed by atoms with Crippen LogP contribution in [-0.2, 0) is 11.4 Å². The normalized spacial score (nSPS) is 11.8. The van der Waals surface area contributed by atoms with Crippen molar-refractivity contribution in [3.05, 3.63) is 23.8 Å². The number of rotatable bonds is 6. The molecule has 0 spiro atoms. The van der Waals surface area contributed by atoms with E-state index in [1.165, 1.54) is 7.11 Å². The number of amides is 1. The highest BCUT2D eigenvalue weighted by Gasteiger charge is 2.19. The van der Waals surface area contributed by atoms with Crippen LogP contribution in [-0.4, -0.2) is 24.2 Å². The lowest BCUT2D eigenvalue weighted by molar-refractivity contribution is -0.128. The second-order valence-electron chi connectivity index (χ2n) is 3.67. The van der Waals surface area contributed by atoms with Gasteiger partial charge in [-0.1, -0.05) is 13.0 Å². The van der Waals surface area contributed by atoms with Crippen LogP contribution in [0.2, 0.25) is 0 Å². The fourth-order valence-corrected chi connectivity index (χ4v) is 1.48. The van der Waals surface area contributed by atoms with Crippen LogP contribution >= 0.6 is 0 Å². The number of aliphatic hydroxyl groups excluding tert-OH is 1. The number of hydrazine groups is 1. The van der Waals surface area contributed by atoms with Gasteiger partial charge in [0.25, 0.3) is 5.91 Å². The van der Waals surface area contributed by atoms with Gasteiger partial charge in [-0.15, -0.1) is 0 Å². The highest BCUT2D eigenvalue weighted by atomic mass is 16.5. The predicted octanol–water partition coefficient (Wildman–Crippen LogP) is 0.335. The van der Waals surface area contributed by atoms with Crippen LogP contribution in [0.15, 0.2) is 18.2 Å². The third-order valence-electron chi connectivity index (χ3n) is 2.49. The van der Waals surface area contributed by atoms with Gasteiger partial charge >= 0.3 is 0 Å². The van der Waals surface area contributed by atoms with Gasteiger partial charge in [0, 0.05) is 0 Å². The number of nitrogens with one attached hydrogen (secondary N) is 1. The van der Waals surface area contributed by atoms with E-state index >= 15 is 0 Å². The second kappa shape index (κ2) is 6.83. The van der Waals surface area contributed by atoms with Crippen molar-refractivity contribution in [2.75, 3.05) is 7.11 Å². The van der Waals surface area contributed by atoms with Crippen LogP contribution in [0.4, 0.5) is 0 Å². The number of carbonyl (C=O) groups is 1. The zero-order valence-corrected chi connectivity index (χ0v) is 10.5. The number of nitrogens with two attached hydrogens (primary N) is 1. The number of aliphatic hydroxyl groups is 1. The average Bonchev–Trinajstić information content (AvgIpc) is 2.43. The number of hydrogen-bond donors (Lipinski definition) is 3. The van der Waals surface area contributed by atoms with Crippen LogP contribution in [0.3, 0.4) is 0 Å². The Bertz CT molecular complexity index is 409. The van der Waals surface area contributed by atoms with Gasteiger partial charge in [0.1, 0.15) is 0 Å². The van der Waals surface area contributed by atoms with Crippen molar-refractivity contribution in [1.82, 2.24) is 5.43 Å². The summed E-state index contributed by atoms with van der Waals surface area (Å²) in [4.78, 5) is 11.4. The molecule has 0 aromatic heterocycles. The molecule has 1 atom stereocenters. The Morgan fingerprint density at radius 1 is 1.50 bits per heavy atom. The summed E-state index contributed by atoms with van der Waals surface area (Å²) >= 11 is 0. The predicted molar refractivity (Wildman–Crippen MR) is 66.0 cm³/mol. The van der Waals surface area contributed by atoms with Crippen molar-refractivity contribution in [3.8, 4) is 11.5 Å². The Balaban J connectivity index is 2.91. The van der Waals surface area contributed by atoms with Gasteiger partial charge in [0.05, 0.1) is 13.7 Å². The molecule has 0 radical (unpaired) electrons. The van der Waals surface area contributed by atoms with E-state index in [4.69, 9.17) is 20.4 Å². The van der Waals surface area contributed by atoms with E-state index in [0.717, 1.165) is 0 Å². The van der Waals surface area contributed by atoms with Gasteiger partial charge < -0.3 is 14.6 Å². The van der Waals surface area contributed by atoms with Crippen LogP contribution in [0.5, 0.6) is 11.5 Å². The number of benzene rings is 1. The van der Waals surface area contributed by atoms with Crippen LogP contribution < -0.4 is 20.7 Å². The molecule has 1 aromatic rings. The summed E-state index contributed by atoms with van der Waals surface area (Å²) in [6.07, 6.45) is -0.197. The maximum Gasteiger partial charge on any atom is 0.274 e. The van der Waals surface area contributed by atoms with Crippen molar-refractivity contribution >= 4 is 5.91 Å². The largest absolute Gasteiger partial charge is 0.493 e. The quantitative estimate of drug-likeness (QED) is 0.386. The van der Waals surface area contributed by atoms with E-state index in [1.807, 2.05) is 6.92 Å². The molecule has 4 N–H and O–H groups in total. The van der Waals surface area contributed by atoms with Crippen LogP contribution in [0, 0.1) is 0 Å². The molecule has 0 heterocycles. The molecule has 18 heavy (non-hydrogen) atoms. The molecule has 0 saturated carbocycles. The van der Waals surface area contributed by atoms with Crippen LogP contribution in [0.25, 0.3) is 0 Å². The van der Waals surface area contributed by atoms with E-state index in [1.54, 1.807) is 18.2 Å². The highest BCUT2D eigenvalue weighted by Crippen LogP contribution is 2.29. The molecule has 0 aliphatic carbocycles. The second-order valence-corrected chi connectivity index (χ2v) is 3.67. The average molecular weight is 254 g/mol. The SMILES string of the molecule is CCC(Oc1ccc(CO)cc1OC)C(=O)NN. The smallest absolute Gasteiger partial charge is 0.274 e. The molecule has 1 aromatic carbocycles. The molecule has 6 nitrogen and oxygen atoms in total. The summed E-state index contributed by atoms with van der Waals surface area (Å²) in [6.45, 7) is 1.73. The van der Waals surface area contributed by atoms with E-state index in [0.29, 0.717) is 23.5 Å². The van der Waals surface area contributed by atoms with Crippen molar-refractivity contribution < 1.29 is 19.4 Å². The molecule has 0 fully saturated rings. The first kappa shape index (κ1) is 14.3. The van der Waals surface area contributed by atoms with Crippen molar-refractivity contribution in [2.45, 2.75) is 26.1 Å². The van der Waals surface area contributed by atoms with Gasteiger partial charge in [-0.05, 0) is 24.1 Å². The molecule has 0 aliphatic rings. The Hall–Kier alpha value is -1.79. The van der Waals surface area contributed by atoms with Crippen LogP contribution in [0.1, 0.15) is 18.9 Å². The summed E-state index contributed by atoms with van der Waals surface area (Å²) in [5, 5.41) is 9.03. The molecule has 1 amide bonds.